The largest absolute Gasteiger partial charge is 0.394 e. The summed E-state index contributed by atoms with van der Waals surface area (Å²) in [5.41, 5.74) is 0. The lowest BCUT2D eigenvalue weighted by atomic mass is 9.97. The summed E-state index contributed by atoms with van der Waals surface area (Å²) in [5, 5.41) is 87.7. The number of ether oxygens (including phenoxy) is 4. The van der Waals surface area contributed by atoms with Gasteiger partial charge in [-0.25, -0.2) is 0 Å². The maximum Gasteiger partial charge on any atom is 0.220 e. The molecule has 0 bridgehead atoms. The first-order valence-electron chi connectivity index (χ1n) is 36.8. The average molecular weight is 1270 g/mol. The van der Waals surface area contributed by atoms with Crippen molar-refractivity contribution >= 4 is 5.91 Å². The zero-order chi connectivity index (χ0) is 65.2. The van der Waals surface area contributed by atoms with Gasteiger partial charge in [0.1, 0.15) is 48.8 Å². The van der Waals surface area contributed by atoms with E-state index in [4.69, 9.17) is 18.9 Å². The Balaban J connectivity index is 1.67. The molecule has 2 saturated heterocycles. The third-order valence-corrected chi connectivity index (χ3v) is 17.6. The van der Waals surface area contributed by atoms with Crippen molar-refractivity contribution < 1.29 is 64.6 Å². The van der Waals surface area contributed by atoms with E-state index >= 15 is 0 Å². The molecule has 0 aromatic carbocycles. The number of carbonyl (C=O) groups excluding carboxylic acids is 1. The van der Waals surface area contributed by atoms with Gasteiger partial charge in [-0.1, -0.05) is 304 Å². The topological polar surface area (TPSA) is 228 Å². The molecular weight excluding hydrogens is 1130 g/mol. The quantitative estimate of drug-likeness (QED) is 0.0204. The Bertz CT molecular complexity index is 1830. The van der Waals surface area contributed by atoms with E-state index < -0.39 is 86.8 Å². The molecule has 90 heavy (non-hydrogen) atoms. The molecule has 0 aliphatic carbocycles. The molecule has 9 N–H and O–H groups in total. The number of carbonyl (C=O) groups is 1. The van der Waals surface area contributed by atoms with Crippen LogP contribution < -0.4 is 5.32 Å². The van der Waals surface area contributed by atoms with Crippen LogP contribution in [0.15, 0.2) is 85.1 Å². The molecule has 2 fully saturated rings. The van der Waals surface area contributed by atoms with Gasteiger partial charge < -0.3 is 65.1 Å². The fraction of sp³-hybridized carbons (Fsp3) is 0.803. The molecular formula is C76H135NO13. The second kappa shape index (κ2) is 59.9. The third kappa shape index (κ3) is 43.2. The van der Waals surface area contributed by atoms with Crippen LogP contribution in [0.1, 0.15) is 296 Å². The van der Waals surface area contributed by atoms with Crippen LogP contribution in [0.5, 0.6) is 0 Å². The van der Waals surface area contributed by atoms with Crippen LogP contribution >= 0.6 is 0 Å². The smallest absolute Gasteiger partial charge is 0.220 e. The van der Waals surface area contributed by atoms with E-state index in [-0.39, 0.29) is 18.9 Å². The van der Waals surface area contributed by atoms with Gasteiger partial charge in [0.05, 0.1) is 32.0 Å². The number of hydrogen-bond donors (Lipinski definition) is 9. The number of aliphatic hydroxyl groups excluding tert-OH is 8. The number of rotatable bonds is 60. The van der Waals surface area contributed by atoms with Crippen LogP contribution in [-0.2, 0) is 23.7 Å². The van der Waals surface area contributed by atoms with Gasteiger partial charge in [0.25, 0.3) is 0 Å². The highest BCUT2D eigenvalue weighted by molar-refractivity contribution is 5.76. The van der Waals surface area contributed by atoms with Crippen LogP contribution in [0.25, 0.3) is 0 Å². The Morgan fingerprint density at radius 3 is 1.18 bits per heavy atom. The molecule has 14 heteroatoms. The van der Waals surface area contributed by atoms with Crippen molar-refractivity contribution in [1.29, 1.82) is 0 Å². The van der Waals surface area contributed by atoms with Crippen molar-refractivity contribution in [3.63, 3.8) is 0 Å². The molecule has 2 aliphatic heterocycles. The fourth-order valence-corrected chi connectivity index (χ4v) is 11.8. The van der Waals surface area contributed by atoms with Gasteiger partial charge in [-0.3, -0.25) is 4.79 Å². The molecule has 0 aromatic heterocycles. The van der Waals surface area contributed by atoms with Crippen LogP contribution in [0.2, 0.25) is 0 Å². The van der Waals surface area contributed by atoms with Gasteiger partial charge in [-0.2, -0.15) is 0 Å². The Hall–Kier alpha value is -2.83. The fourth-order valence-electron chi connectivity index (χ4n) is 11.8. The van der Waals surface area contributed by atoms with E-state index in [1.165, 1.54) is 154 Å². The standard InChI is InChI=1S/C76H135NO13/c1-3-5-7-9-11-13-15-17-19-21-23-25-27-29-31-32-34-36-38-40-42-44-46-48-50-52-54-56-58-60-68(81)77-64(63-87-75-73(86)71(84)74(67(62-79)89-75)90-76-72(85)70(83)69(82)66(61-78)88-76)65(80)59-57-55-53-51-49-47-45-43-41-39-37-35-33-30-28-26-24-22-20-18-16-14-12-10-8-6-4-2/h5,7,11,13,17,19,23,25,29,31,34,36,40,42,64-67,69-76,78-80,82-86H,3-4,6,8-10,12,14-16,18,20-22,24,26-28,30,32-33,35,37-39,41,43-63H2,1-2H3,(H,77,81)/b7-5-,13-11-,19-17-,25-23-,31-29-,36-34-,42-40-. The molecule has 0 spiro atoms. The minimum atomic E-state index is -1.79. The molecule has 12 atom stereocenters. The van der Waals surface area contributed by atoms with Crippen molar-refractivity contribution in [2.45, 2.75) is 370 Å². The first kappa shape index (κ1) is 83.3. The number of allylic oxidation sites excluding steroid dienone is 14. The van der Waals surface area contributed by atoms with Gasteiger partial charge in [0, 0.05) is 6.42 Å². The summed E-state index contributed by atoms with van der Waals surface area (Å²) in [6.07, 6.45) is 65.9. The maximum absolute atomic E-state index is 13.4. The van der Waals surface area contributed by atoms with Crippen LogP contribution in [-0.4, -0.2) is 140 Å². The number of hydrogen-bond acceptors (Lipinski definition) is 13. The van der Waals surface area contributed by atoms with E-state index in [2.05, 4.69) is 104 Å². The number of nitrogens with one attached hydrogen (secondary N) is 1. The highest BCUT2D eigenvalue weighted by Gasteiger charge is 2.51. The summed E-state index contributed by atoms with van der Waals surface area (Å²) in [5.74, 6) is -0.218. The summed E-state index contributed by atoms with van der Waals surface area (Å²) in [4.78, 5) is 13.4. The molecule has 0 saturated carbocycles. The number of unbranched alkanes of at least 4 members (excludes halogenated alkanes) is 33. The predicted octanol–water partition coefficient (Wildman–Crippen LogP) is 15.6. The molecule has 1 amide bonds. The van der Waals surface area contributed by atoms with E-state index in [9.17, 15) is 45.6 Å². The average Bonchev–Trinajstić information content (AvgIpc) is 1.26. The second-order valence-electron chi connectivity index (χ2n) is 25.7. The van der Waals surface area contributed by atoms with E-state index in [1.54, 1.807) is 0 Å². The number of aliphatic hydroxyl groups is 8. The predicted molar refractivity (Wildman–Crippen MR) is 369 cm³/mol. The monoisotopic (exact) mass is 1270 g/mol. The lowest BCUT2D eigenvalue weighted by Crippen LogP contribution is -2.65. The Morgan fingerprint density at radius 2 is 0.767 bits per heavy atom. The van der Waals surface area contributed by atoms with Gasteiger partial charge in [-0.05, 0) is 70.6 Å². The van der Waals surface area contributed by atoms with Gasteiger partial charge in [-0.15, -0.1) is 0 Å². The Labute approximate surface area is 548 Å². The number of amides is 1. The summed E-state index contributed by atoms with van der Waals surface area (Å²) >= 11 is 0. The van der Waals surface area contributed by atoms with Crippen molar-refractivity contribution in [1.82, 2.24) is 5.32 Å². The zero-order valence-electron chi connectivity index (χ0n) is 56.9. The molecule has 2 aliphatic rings. The summed E-state index contributed by atoms with van der Waals surface area (Å²) < 4.78 is 22.9. The Kier molecular flexibility index (Phi) is 55.4. The molecule has 2 rings (SSSR count). The van der Waals surface area contributed by atoms with E-state index in [0.717, 1.165) is 109 Å². The van der Waals surface area contributed by atoms with Crippen molar-refractivity contribution in [3.05, 3.63) is 85.1 Å². The van der Waals surface area contributed by atoms with Crippen LogP contribution in [0, 0.1) is 0 Å². The highest BCUT2D eigenvalue weighted by Crippen LogP contribution is 2.30. The maximum atomic E-state index is 13.4. The summed E-state index contributed by atoms with van der Waals surface area (Å²) in [6.45, 7) is 2.77. The van der Waals surface area contributed by atoms with E-state index in [1.807, 2.05) is 0 Å². The lowest BCUT2D eigenvalue weighted by molar-refractivity contribution is -0.359. The molecule has 14 nitrogen and oxygen atoms in total. The Morgan fingerprint density at radius 1 is 0.411 bits per heavy atom. The zero-order valence-corrected chi connectivity index (χ0v) is 56.9. The normalized spacial score (nSPS) is 23.4. The van der Waals surface area contributed by atoms with Crippen LogP contribution in [0.4, 0.5) is 0 Å². The minimum absolute atomic E-state index is 0.218. The third-order valence-electron chi connectivity index (χ3n) is 17.6. The summed E-state index contributed by atoms with van der Waals surface area (Å²) in [7, 11) is 0. The first-order chi connectivity index (χ1) is 44.1. The van der Waals surface area contributed by atoms with Gasteiger partial charge in [0.15, 0.2) is 12.6 Å². The molecule has 522 valence electrons. The minimum Gasteiger partial charge on any atom is -0.394 e. The first-order valence-corrected chi connectivity index (χ1v) is 36.8. The molecule has 0 radical (unpaired) electrons. The molecule has 0 aromatic rings. The van der Waals surface area contributed by atoms with Crippen LogP contribution in [0.3, 0.4) is 0 Å². The van der Waals surface area contributed by atoms with Gasteiger partial charge >= 0.3 is 0 Å². The van der Waals surface area contributed by atoms with Crippen molar-refractivity contribution in [2.75, 3.05) is 19.8 Å². The molecule has 12 unspecified atom stereocenters. The SMILES string of the molecule is CC/C=C\C/C=C\C/C=C\C/C=C\C/C=C\C/C=C\C/C=C\CCCCCCCCCC(=O)NC(COC1OC(CO)C(OC2OC(CO)C(O)C(O)C2O)C(O)C1O)C(O)CCCCCCCCCCCCCCCCCCCCCCCCCCCCC. The highest BCUT2D eigenvalue weighted by atomic mass is 16.7. The van der Waals surface area contributed by atoms with Crippen molar-refractivity contribution in [3.8, 4) is 0 Å². The van der Waals surface area contributed by atoms with Crippen molar-refractivity contribution in [2.24, 2.45) is 0 Å². The van der Waals surface area contributed by atoms with E-state index in [0.29, 0.717) is 12.8 Å². The van der Waals surface area contributed by atoms with Gasteiger partial charge in [0.2, 0.25) is 5.91 Å². The molecule has 2 heterocycles. The summed E-state index contributed by atoms with van der Waals surface area (Å²) in [6, 6.07) is -0.843. The lowest BCUT2D eigenvalue weighted by Gasteiger charge is -2.46. The second-order valence-corrected chi connectivity index (χ2v) is 25.7.